The van der Waals surface area contributed by atoms with Crippen LogP contribution in [-0.4, -0.2) is 64.1 Å². The molecule has 146 valence electrons. The molecule has 4 rings (SSSR count). The Balaban J connectivity index is 1.38. The molecule has 0 amide bonds. The molecule has 11 heteroatoms. The first-order valence-electron chi connectivity index (χ1n) is 8.80. The highest BCUT2D eigenvalue weighted by Crippen LogP contribution is 2.19. The van der Waals surface area contributed by atoms with Gasteiger partial charge in [0.15, 0.2) is 16.7 Å². The molecule has 3 aromatic heterocycles. The van der Waals surface area contributed by atoms with Gasteiger partial charge in [-0.15, -0.1) is 10.2 Å². The highest BCUT2D eigenvalue weighted by Gasteiger charge is 2.29. The summed E-state index contributed by atoms with van der Waals surface area (Å²) in [4.78, 5) is 12.8. The van der Waals surface area contributed by atoms with Crippen molar-refractivity contribution in [1.82, 2.24) is 29.5 Å². The van der Waals surface area contributed by atoms with Crippen molar-refractivity contribution in [3.8, 4) is 0 Å². The number of piperazine rings is 1. The standard InChI is InChI=1S/C17H20N8O2S/c1-13-3-2-4-14(20-13)21-15-5-6-16(23-22-15)24-7-9-25(10-8-24)28(26,27)17-11-18-12-19-17/h2-6,11-12H,7-10H2,1H3,(H,18,19)(H,20,21,22). The second kappa shape index (κ2) is 7.52. The summed E-state index contributed by atoms with van der Waals surface area (Å²) in [5, 5.41) is 11.7. The molecule has 0 atom stereocenters. The molecule has 4 heterocycles. The summed E-state index contributed by atoms with van der Waals surface area (Å²) >= 11 is 0. The quantitative estimate of drug-likeness (QED) is 0.655. The monoisotopic (exact) mass is 400 g/mol. The minimum Gasteiger partial charge on any atom is -0.352 e. The fourth-order valence-electron chi connectivity index (χ4n) is 2.99. The fraction of sp³-hybridized carbons (Fsp3) is 0.294. The molecule has 1 fully saturated rings. The lowest BCUT2D eigenvalue weighted by molar-refractivity contribution is 0.382. The van der Waals surface area contributed by atoms with Crippen LogP contribution in [0.15, 0.2) is 47.9 Å². The first-order valence-corrected chi connectivity index (χ1v) is 10.2. The number of nitrogens with zero attached hydrogens (tertiary/aromatic N) is 6. The normalized spacial score (nSPS) is 15.5. The molecule has 2 N–H and O–H groups in total. The van der Waals surface area contributed by atoms with Crippen LogP contribution in [-0.2, 0) is 10.0 Å². The fourth-order valence-corrected chi connectivity index (χ4v) is 4.30. The van der Waals surface area contributed by atoms with Crippen LogP contribution in [0.2, 0.25) is 0 Å². The summed E-state index contributed by atoms with van der Waals surface area (Å²) in [5.41, 5.74) is 0.914. The molecule has 10 nitrogen and oxygen atoms in total. The largest absolute Gasteiger partial charge is 0.352 e. The second-order valence-corrected chi connectivity index (χ2v) is 8.28. The molecule has 3 aromatic rings. The second-order valence-electron chi connectivity index (χ2n) is 6.37. The Bertz CT molecular complexity index is 1030. The molecule has 0 bridgehead atoms. The van der Waals surface area contributed by atoms with E-state index in [1.807, 2.05) is 42.2 Å². The van der Waals surface area contributed by atoms with Gasteiger partial charge in [-0.2, -0.15) is 4.31 Å². The van der Waals surface area contributed by atoms with Crippen molar-refractivity contribution < 1.29 is 8.42 Å². The minimum absolute atomic E-state index is 0.112. The van der Waals surface area contributed by atoms with E-state index in [4.69, 9.17) is 0 Å². The number of H-pyrrole nitrogens is 1. The maximum Gasteiger partial charge on any atom is 0.260 e. The number of aryl methyl sites for hydroxylation is 1. The van der Waals surface area contributed by atoms with Crippen molar-refractivity contribution in [3.05, 3.63) is 48.5 Å². The molecular formula is C17H20N8O2S. The Kier molecular flexibility index (Phi) is 4.92. The van der Waals surface area contributed by atoms with E-state index in [1.54, 1.807) is 0 Å². The zero-order valence-electron chi connectivity index (χ0n) is 15.3. The number of nitrogens with one attached hydrogen (secondary N) is 2. The topological polar surface area (TPSA) is 120 Å². The van der Waals surface area contributed by atoms with E-state index in [0.29, 0.717) is 43.6 Å². The van der Waals surface area contributed by atoms with Crippen LogP contribution in [0.4, 0.5) is 17.5 Å². The van der Waals surface area contributed by atoms with Crippen molar-refractivity contribution in [2.24, 2.45) is 0 Å². The Morgan fingerprint density at radius 2 is 1.86 bits per heavy atom. The van der Waals surface area contributed by atoms with Crippen LogP contribution in [0.3, 0.4) is 0 Å². The van der Waals surface area contributed by atoms with Crippen molar-refractivity contribution in [2.45, 2.75) is 11.9 Å². The Morgan fingerprint density at radius 3 is 2.50 bits per heavy atom. The lowest BCUT2D eigenvalue weighted by atomic mass is 10.3. The number of rotatable bonds is 5. The van der Waals surface area contributed by atoms with Gasteiger partial charge in [0.2, 0.25) is 0 Å². The van der Waals surface area contributed by atoms with Crippen molar-refractivity contribution in [1.29, 1.82) is 0 Å². The van der Waals surface area contributed by atoms with Gasteiger partial charge in [0.05, 0.1) is 12.5 Å². The third kappa shape index (κ3) is 3.80. The predicted molar refractivity (Wildman–Crippen MR) is 104 cm³/mol. The lowest BCUT2D eigenvalue weighted by Gasteiger charge is -2.34. The van der Waals surface area contributed by atoms with Crippen LogP contribution in [0.1, 0.15) is 5.69 Å². The lowest BCUT2D eigenvalue weighted by Crippen LogP contribution is -2.49. The number of sulfonamides is 1. The van der Waals surface area contributed by atoms with Gasteiger partial charge in [-0.25, -0.2) is 18.4 Å². The van der Waals surface area contributed by atoms with E-state index in [-0.39, 0.29) is 5.03 Å². The Labute approximate surface area is 162 Å². The van der Waals surface area contributed by atoms with Gasteiger partial charge in [0, 0.05) is 31.9 Å². The van der Waals surface area contributed by atoms with Crippen LogP contribution >= 0.6 is 0 Å². The Morgan fingerprint density at radius 1 is 1.04 bits per heavy atom. The van der Waals surface area contributed by atoms with Gasteiger partial charge >= 0.3 is 0 Å². The van der Waals surface area contributed by atoms with Gasteiger partial charge in [0.25, 0.3) is 10.0 Å². The predicted octanol–water partition coefficient (Wildman–Crippen LogP) is 1.16. The maximum absolute atomic E-state index is 12.5. The SMILES string of the molecule is Cc1cccc(Nc2ccc(N3CCN(S(=O)(=O)c4cnc[nH]4)CC3)nn2)n1. The molecule has 0 saturated carbocycles. The third-order valence-corrected chi connectivity index (χ3v) is 6.27. The van der Waals surface area contributed by atoms with Gasteiger partial charge in [0.1, 0.15) is 5.82 Å². The Hall–Kier alpha value is -3.05. The molecule has 0 unspecified atom stereocenters. The van der Waals surface area contributed by atoms with E-state index in [2.05, 4.69) is 30.5 Å². The summed E-state index contributed by atoms with van der Waals surface area (Å²) in [5.74, 6) is 2.02. The summed E-state index contributed by atoms with van der Waals surface area (Å²) in [6.45, 7) is 3.74. The first kappa shape index (κ1) is 18.3. The van der Waals surface area contributed by atoms with E-state index in [9.17, 15) is 8.42 Å². The number of hydrogen-bond acceptors (Lipinski definition) is 8. The summed E-state index contributed by atoms with van der Waals surface area (Å²) in [6, 6.07) is 9.40. The maximum atomic E-state index is 12.5. The molecular weight excluding hydrogens is 380 g/mol. The highest BCUT2D eigenvalue weighted by molar-refractivity contribution is 7.89. The minimum atomic E-state index is -3.53. The summed E-state index contributed by atoms with van der Waals surface area (Å²) in [6.07, 6.45) is 2.68. The molecule has 28 heavy (non-hydrogen) atoms. The average molecular weight is 400 g/mol. The van der Waals surface area contributed by atoms with Gasteiger partial charge in [-0.3, -0.25) is 0 Å². The van der Waals surface area contributed by atoms with Crippen molar-refractivity contribution in [2.75, 3.05) is 36.4 Å². The number of anilines is 3. The number of aromatic amines is 1. The molecule has 1 aliphatic heterocycles. The highest BCUT2D eigenvalue weighted by atomic mass is 32.2. The van der Waals surface area contributed by atoms with Crippen LogP contribution < -0.4 is 10.2 Å². The van der Waals surface area contributed by atoms with Gasteiger partial charge in [-0.1, -0.05) is 6.07 Å². The van der Waals surface area contributed by atoms with E-state index >= 15 is 0 Å². The van der Waals surface area contributed by atoms with E-state index in [1.165, 1.54) is 16.8 Å². The zero-order chi connectivity index (χ0) is 19.6. The smallest absolute Gasteiger partial charge is 0.260 e. The van der Waals surface area contributed by atoms with Gasteiger partial charge < -0.3 is 15.2 Å². The van der Waals surface area contributed by atoms with Crippen LogP contribution in [0.25, 0.3) is 0 Å². The van der Waals surface area contributed by atoms with Crippen molar-refractivity contribution >= 4 is 27.5 Å². The van der Waals surface area contributed by atoms with Gasteiger partial charge in [-0.05, 0) is 31.2 Å². The molecule has 0 aliphatic carbocycles. The molecule has 0 radical (unpaired) electrons. The average Bonchev–Trinajstić information content (AvgIpc) is 3.25. The first-order chi connectivity index (χ1) is 13.5. The van der Waals surface area contributed by atoms with E-state index in [0.717, 1.165) is 5.69 Å². The summed E-state index contributed by atoms with van der Waals surface area (Å²) < 4.78 is 26.5. The van der Waals surface area contributed by atoms with E-state index < -0.39 is 10.0 Å². The third-order valence-electron chi connectivity index (χ3n) is 4.45. The molecule has 1 aliphatic rings. The number of pyridine rings is 1. The summed E-state index contributed by atoms with van der Waals surface area (Å²) in [7, 11) is -3.53. The van der Waals surface area contributed by atoms with Crippen LogP contribution in [0.5, 0.6) is 0 Å². The molecule has 1 saturated heterocycles. The van der Waals surface area contributed by atoms with Crippen molar-refractivity contribution in [3.63, 3.8) is 0 Å². The van der Waals surface area contributed by atoms with Crippen LogP contribution in [0, 0.1) is 6.92 Å². The molecule has 0 spiro atoms. The number of aromatic nitrogens is 5. The number of hydrogen-bond donors (Lipinski definition) is 2. The number of imidazole rings is 1. The molecule has 0 aromatic carbocycles. The zero-order valence-corrected chi connectivity index (χ0v) is 16.1.